The first-order chi connectivity index (χ1) is 14.5. The fraction of sp³-hybridized carbons (Fsp3) is 0.238. The molecule has 0 bridgehead atoms. The van der Waals surface area contributed by atoms with E-state index in [0.29, 0.717) is 29.7 Å². The number of carboxylic acid groups (broad SMARTS) is 1. The van der Waals surface area contributed by atoms with Crippen LogP contribution in [0.3, 0.4) is 0 Å². The average molecular weight is 408 g/mol. The van der Waals surface area contributed by atoms with Gasteiger partial charge in [-0.3, -0.25) is 14.7 Å². The molecule has 9 nitrogen and oxygen atoms in total. The molecule has 4 rings (SSSR count). The zero-order valence-corrected chi connectivity index (χ0v) is 16.1. The summed E-state index contributed by atoms with van der Waals surface area (Å²) >= 11 is 0. The van der Waals surface area contributed by atoms with Gasteiger partial charge in [0, 0.05) is 36.6 Å². The van der Waals surface area contributed by atoms with Gasteiger partial charge in [-0.25, -0.2) is 14.2 Å². The van der Waals surface area contributed by atoms with Crippen LogP contribution in [0.4, 0.5) is 9.59 Å². The van der Waals surface area contributed by atoms with E-state index in [1.54, 1.807) is 23.2 Å². The molecule has 154 valence electrons. The maximum Gasteiger partial charge on any atom is 0.416 e. The maximum atomic E-state index is 12.6. The Morgan fingerprint density at radius 3 is 2.67 bits per heavy atom. The molecule has 1 aliphatic rings. The zero-order chi connectivity index (χ0) is 21.1. The highest BCUT2D eigenvalue weighted by atomic mass is 16.6. The van der Waals surface area contributed by atoms with Crippen LogP contribution in [-0.4, -0.2) is 62.2 Å². The van der Waals surface area contributed by atoms with E-state index < -0.39 is 12.2 Å². The Bertz CT molecular complexity index is 1100. The number of hydrogen-bond donors (Lipinski definition) is 1. The predicted molar refractivity (Wildman–Crippen MR) is 107 cm³/mol. The smallest absolute Gasteiger partial charge is 0.416 e. The number of aromatic nitrogens is 2. The van der Waals surface area contributed by atoms with E-state index in [1.165, 1.54) is 11.1 Å². The number of carbonyl (C=O) groups is 3. The minimum atomic E-state index is -1.12. The van der Waals surface area contributed by atoms with Crippen LogP contribution in [0.5, 0.6) is 0 Å². The molecule has 1 saturated heterocycles. The van der Waals surface area contributed by atoms with Gasteiger partial charge in [-0.05, 0) is 17.7 Å². The van der Waals surface area contributed by atoms with Crippen molar-refractivity contribution in [1.82, 2.24) is 19.4 Å². The largest absolute Gasteiger partial charge is 0.464 e. The Balaban J connectivity index is 1.40. The lowest BCUT2D eigenvalue weighted by molar-refractivity contribution is -0.136. The minimum Gasteiger partial charge on any atom is -0.464 e. The van der Waals surface area contributed by atoms with Crippen molar-refractivity contribution in [2.75, 3.05) is 19.6 Å². The van der Waals surface area contributed by atoms with Crippen LogP contribution in [0, 0.1) is 0 Å². The lowest BCUT2D eigenvalue weighted by atomic mass is 10.2. The van der Waals surface area contributed by atoms with Gasteiger partial charge in [-0.1, -0.05) is 30.3 Å². The molecule has 0 spiro atoms. The van der Waals surface area contributed by atoms with Crippen molar-refractivity contribution in [1.29, 1.82) is 0 Å². The van der Waals surface area contributed by atoms with Gasteiger partial charge in [0.1, 0.15) is 13.2 Å². The molecular weight excluding hydrogens is 388 g/mol. The number of nitrogens with zero attached hydrogens (tertiary/aromatic N) is 4. The Hall–Kier alpha value is -3.88. The second-order valence-corrected chi connectivity index (χ2v) is 6.97. The molecule has 0 aliphatic carbocycles. The van der Waals surface area contributed by atoms with E-state index in [9.17, 15) is 19.5 Å². The molecule has 2 aromatic heterocycles. The molecule has 0 saturated carbocycles. The summed E-state index contributed by atoms with van der Waals surface area (Å²) in [7, 11) is 0. The number of benzene rings is 1. The number of hydrogen-bond acceptors (Lipinski definition) is 5. The highest BCUT2D eigenvalue weighted by Gasteiger charge is 2.29. The summed E-state index contributed by atoms with van der Waals surface area (Å²) in [5.74, 6) is -0.266. The standard InChI is InChI=1S/C21H20N4O5/c26-19-13-24(21(29)30-14-15-4-2-1-3-5-15)9-8-23(19)12-17-10-16-11-22-7-6-18(16)25(17)20(27)28/h1-7,10-11H,8-9,12-14H2,(H,27,28). The van der Waals surface area contributed by atoms with Gasteiger partial charge in [0.2, 0.25) is 5.91 Å². The highest BCUT2D eigenvalue weighted by molar-refractivity contribution is 5.90. The first-order valence-electron chi connectivity index (χ1n) is 9.44. The molecule has 0 radical (unpaired) electrons. The summed E-state index contributed by atoms with van der Waals surface area (Å²) < 4.78 is 6.44. The van der Waals surface area contributed by atoms with Gasteiger partial charge in [-0.2, -0.15) is 0 Å². The fourth-order valence-corrected chi connectivity index (χ4v) is 3.49. The van der Waals surface area contributed by atoms with Crippen molar-refractivity contribution in [3.63, 3.8) is 0 Å². The van der Waals surface area contributed by atoms with E-state index >= 15 is 0 Å². The topological polar surface area (TPSA) is 105 Å². The van der Waals surface area contributed by atoms with Crippen LogP contribution < -0.4 is 0 Å². The molecule has 1 aliphatic heterocycles. The highest BCUT2D eigenvalue weighted by Crippen LogP contribution is 2.21. The molecule has 1 fully saturated rings. The van der Waals surface area contributed by atoms with Gasteiger partial charge >= 0.3 is 12.2 Å². The molecule has 9 heteroatoms. The second-order valence-electron chi connectivity index (χ2n) is 6.97. The van der Waals surface area contributed by atoms with Crippen LogP contribution in [0.25, 0.3) is 10.9 Å². The second kappa shape index (κ2) is 8.24. The minimum absolute atomic E-state index is 0.109. The van der Waals surface area contributed by atoms with Crippen molar-refractivity contribution >= 4 is 29.0 Å². The van der Waals surface area contributed by atoms with E-state index in [0.717, 1.165) is 10.1 Å². The Morgan fingerprint density at radius 2 is 1.93 bits per heavy atom. The van der Waals surface area contributed by atoms with Crippen LogP contribution in [0.2, 0.25) is 0 Å². The molecule has 3 heterocycles. The summed E-state index contributed by atoms with van der Waals surface area (Å²) in [4.78, 5) is 43.5. The van der Waals surface area contributed by atoms with Gasteiger partial charge in [0.05, 0.1) is 12.1 Å². The quantitative estimate of drug-likeness (QED) is 0.711. The summed E-state index contributed by atoms with van der Waals surface area (Å²) in [6.07, 6.45) is 1.44. The van der Waals surface area contributed by atoms with E-state index in [1.807, 2.05) is 30.3 Å². The van der Waals surface area contributed by atoms with E-state index in [-0.39, 0.29) is 25.6 Å². The molecule has 0 unspecified atom stereocenters. The molecule has 3 aromatic rings. The Labute approximate surface area is 172 Å². The third kappa shape index (κ3) is 3.95. The maximum absolute atomic E-state index is 12.6. The Kier molecular flexibility index (Phi) is 5.34. The average Bonchev–Trinajstić information content (AvgIpc) is 3.12. The van der Waals surface area contributed by atoms with Crippen molar-refractivity contribution < 1.29 is 24.2 Å². The monoisotopic (exact) mass is 408 g/mol. The van der Waals surface area contributed by atoms with Crippen molar-refractivity contribution in [2.45, 2.75) is 13.2 Å². The molecule has 2 amide bonds. The SMILES string of the molecule is O=C1CN(C(=O)OCc2ccccc2)CCN1Cc1cc2cnccc2n1C(=O)O. The number of ether oxygens (including phenoxy) is 1. The van der Waals surface area contributed by atoms with Gasteiger partial charge < -0.3 is 14.7 Å². The summed E-state index contributed by atoms with van der Waals surface area (Å²) in [5, 5.41) is 10.3. The summed E-state index contributed by atoms with van der Waals surface area (Å²) in [6.45, 7) is 0.767. The number of fused-ring (bicyclic) bond motifs is 1. The first kappa shape index (κ1) is 19.4. The van der Waals surface area contributed by atoms with Crippen LogP contribution >= 0.6 is 0 Å². The third-order valence-corrected chi connectivity index (χ3v) is 5.00. The van der Waals surface area contributed by atoms with Crippen LogP contribution in [0.1, 0.15) is 11.3 Å². The molecule has 1 aromatic carbocycles. The van der Waals surface area contributed by atoms with Crippen LogP contribution in [-0.2, 0) is 22.7 Å². The lowest BCUT2D eigenvalue weighted by Crippen LogP contribution is -2.52. The van der Waals surface area contributed by atoms with E-state index in [4.69, 9.17) is 4.74 Å². The molecule has 30 heavy (non-hydrogen) atoms. The number of carbonyl (C=O) groups excluding carboxylic acids is 2. The van der Waals surface area contributed by atoms with E-state index in [2.05, 4.69) is 4.98 Å². The number of pyridine rings is 1. The van der Waals surface area contributed by atoms with Gasteiger partial charge in [0.25, 0.3) is 0 Å². The van der Waals surface area contributed by atoms with Gasteiger partial charge in [0.15, 0.2) is 0 Å². The molecular formula is C21H20N4O5. The Morgan fingerprint density at radius 1 is 1.13 bits per heavy atom. The lowest BCUT2D eigenvalue weighted by Gasteiger charge is -2.33. The van der Waals surface area contributed by atoms with Crippen molar-refractivity contribution in [2.24, 2.45) is 0 Å². The van der Waals surface area contributed by atoms with Crippen molar-refractivity contribution in [3.05, 3.63) is 66.1 Å². The zero-order valence-electron chi connectivity index (χ0n) is 16.1. The molecule has 1 N–H and O–H groups in total. The summed E-state index contributed by atoms with van der Waals surface area (Å²) in [5.41, 5.74) is 1.86. The number of rotatable bonds is 4. The third-order valence-electron chi connectivity index (χ3n) is 5.00. The summed E-state index contributed by atoms with van der Waals surface area (Å²) in [6, 6.07) is 12.6. The number of piperazine rings is 1. The first-order valence-corrected chi connectivity index (χ1v) is 9.44. The normalized spacial score (nSPS) is 14.2. The fourth-order valence-electron chi connectivity index (χ4n) is 3.49. The predicted octanol–water partition coefficient (Wildman–Crippen LogP) is 2.54. The number of amides is 2. The van der Waals surface area contributed by atoms with Crippen LogP contribution in [0.15, 0.2) is 54.9 Å². The van der Waals surface area contributed by atoms with Crippen molar-refractivity contribution in [3.8, 4) is 0 Å². The molecule has 0 atom stereocenters. The van der Waals surface area contributed by atoms with Gasteiger partial charge in [-0.15, -0.1) is 0 Å².